The van der Waals surface area contributed by atoms with Gasteiger partial charge in [-0.1, -0.05) is 60.7 Å². The van der Waals surface area contributed by atoms with Gasteiger partial charge < -0.3 is 18.0 Å². The van der Waals surface area contributed by atoms with Crippen LogP contribution in [0, 0.1) is 0 Å². The van der Waals surface area contributed by atoms with E-state index in [-0.39, 0.29) is 0 Å². The van der Waals surface area contributed by atoms with Crippen LogP contribution in [-0.2, 0) is 0 Å². The van der Waals surface area contributed by atoms with Gasteiger partial charge in [-0.15, -0.1) is 0 Å². The molecule has 0 atom stereocenters. The molecule has 0 unspecified atom stereocenters. The van der Waals surface area contributed by atoms with Gasteiger partial charge in [0.25, 0.3) is 0 Å². The molecular formula is C30H20N2O2. The maximum atomic E-state index is 6.44. The third-order valence-corrected chi connectivity index (χ3v) is 6.20. The molecule has 0 fully saturated rings. The lowest BCUT2D eigenvalue weighted by molar-refractivity contribution is 0.643. The van der Waals surface area contributed by atoms with Crippen molar-refractivity contribution >= 4 is 44.4 Å². The molecule has 2 heterocycles. The van der Waals surface area contributed by atoms with Crippen molar-refractivity contribution in [3.05, 3.63) is 121 Å². The predicted octanol–water partition coefficient (Wildman–Crippen LogP) is 8.19. The minimum atomic E-state index is 0.783. The summed E-state index contributed by atoms with van der Waals surface area (Å²) in [5, 5.41) is 0. The molecule has 0 amide bonds. The van der Waals surface area contributed by atoms with Crippen molar-refractivity contribution < 1.29 is 8.83 Å². The van der Waals surface area contributed by atoms with Gasteiger partial charge in [0.2, 0.25) is 0 Å². The van der Waals surface area contributed by atoms with Crippen LogP contribution in [0.15, 0.2) is 130 Å². The van der Waals surface area contributed by atoms with Gasteiger partial charge in [-0.25, -0.2) is 0 Å². The Kier molecular flexibility index (Phi) is 4.11. The van der Waals surface area contributed by atoms with E-state index in [2.05, 4.69) is 81.9 Å². The topological polar surface area (TPSA) is 36.1 Å². The lowest BCUT2D eigenvalue weighted by Gasteiger charge is -2.18. The molecule has 2 aromatic heterocycles. The molecule has 0 N–H and O–H groups in total. The average Bonchev–Trinajstić information content (AvgIpc) is 2.90. The van der Waals surface area contributed by atoms with Gasteiger partial charge in [0.1, 0.15) is 0 Å². The highest BCUT2D eigenvalue weighted by Crippen LogP contribution is 2.33. The van der Waals surface area contributed by atoms with E-state index in [0.29, 0.717) is 0 Å². The van der Waals surface area contributed by atoms with Crippen LogP contribution in [-0.4, -0.2) is 9.13 Å². The Labute approximate surface area is 195 Å². The zero-order chi connectivity index (χ0) is 22.5. The average molecular weight is 441 g/mol. The van der Waals surface area contributed by atoms with Crippen LogP contribution in [0.25, 0.3) is 55.8 Å². The minimum absolute atomic E-state index is 0.783. The molecule has 0 spiro atoms. The number of hydrogen-bond donors (Lipinski definition) is 0. The van der Waals surface area contributed by atoms with Gasteiger partial charge in [-0.05, 0) is 48.5 Å². The summed E-state index contributed by atoms with van der Waals surface area (Å²) in [6, 6.07) is 41.1. The van der Waals surface area contributed by atoms with Gasteiger partial charge in [0.15, 0.2) is 22.3 Å². The SMILES string of the molecule is c1ccc(-n2c3ccccc3oc3cc4c(cc32)oc2ccccc2n4-c2ccccc2)cc1. The third kappa shape index (κ3) is 2.86. The Balaban J connectivity index is 1.69. The summed E-state index contributed by atoms with van der Waals surface area (Å²) < 4.78 is 17.3. The van der Waals surface area contributed by atoms with E-state index in [4.69, 9.17) is 8.83 Å². The highest BCUT2D eigenvalue weighted by Gasteiger charge is 2.15. The monoisotopic (exact) mass is 440 g/mol. The number of para-hydroxylation sites is 6. The number of benzene rings is 5. The molecule has 5 aromatic carbocycles. The lowest BCUT2D eigenvalue weighted by atomic mass is 10.2. The highest BCUT2D eigenvalue weighted by atomic mass is 16.3. The number of rotatable bonds is 2. The smallest absolute Gasteiger partial charge is 0.153 e. The molecule has 0 radical (unpaired) electrons. The summed E-state index contributed by atoms with van der Waals surface area (Å²) in [6.45, 7) is 0. The maximum Gasteiger partial charge on any atom is 0.153 e. The predicted molar refractivity (Wildman–Crippen MR) is 137 cm³/mol. The largest absolute Gasteiger partial charge is 0.453 e. The van der Waals surface area contributed by atoms with Crippen molar-refractivity contribution in [1.82, 2.24) is 9.13 Å². The van der Waals surface area contributed by atoms with Gasteiger partial charge in [0.05, 0.1) is 22.1 Å². The molecule has 4 heteroatoms. The lowest BCUT2D eigenvalue weighted by Crippen LogP contribution is -2.02. The number of hydrogen-bond acceptors (Lipinski definition) is 2. The van der Waals surface area contributed by atoms with Crippen LogP contribution >= 0.6 is 0 Å². The van der Waals surface area contributed by atoms with Gasteiger partial charge in [0, 0.05) is 23.5 Å². The van der Waals surface area contributed by atoms with E-state index in [0.717, 1.165) is 55.8 Å². The van der Waals surface area contributed by atoms with E-state index in [1.807, 2.05) is 48.5 Å². The minimum Gasteiger partial charge on any atom is -0.453 e. The van der Waals surface area contributed by atoms with Crippen LogP contribution < -0.4 is 0 Å². The van der Waals surface area contributed by atoms with Crippen LogP contribution in [0.3, 0.4) is 0 Å². The van der Waals surface area contributed by atoms with Crippen LogP contribution in [0.4, 0.5) is 0 Å². The molecule has 7 aromatic rings. The Morgan fingerprint density at radius 2 is 0.735 bits per heavy atom. The quantitative estimate of drug-likeness (QED) is 0.254. The van der Waals surface area contributed by atoms with Crippen molar-refractivity contribution in [2.45, 2.75) is 0 Å². The van der Waals surface area contributed by atoms with Crippen LogP contribution in [0.2, 0.25) is 0 Å². The molecule has 0 bridgehead atoms. The van der Waals surface area contributed by atoms with Crippen molar-refractivity contribution in [1.29, 1.82) is 0 Å². The normalized spacial score (nSPS) is 11.5. The number of aromatic nitrogens is 2. The molecule has 34 heavy (non-hydrogen) atoms. The summed E-state index contributed by atoms with van der Waals surface area (Å²) in [6.07, 6.45) is 0. The summed E-state index contributed by atoms with van der Waals surface area (Å²) in [7, 11) is 0. The zero-order valence-electron chi connectivity index (χ0n) is 18.3. The molecular weight excluding hydrogens is 420 g/mol. The summed E-state index contributed by atoms with van der Waals surface area (Å²) in [5.74, 6) is 0. The first-order chi connectivity index (χ1) is 16.9. The summed E-state index contributed by atoms with van der Waals surface area (Å²) in [5.41, 5.74) is 9.22. The third-order valence-electron chi connectivity index (χ3n) is 6.20. The second-order valence-electron chi connectivity index (χ2n) is 8.27. The molecule has 162 valence electrons. The van der Waals surface area contributed by atoms with E-state index >= 15 is 0 Å². The Hall–Kier alpha value is -4.70. The van der Waals surface area contributed by atoms with Gasteiger partial charge in [-0.3, -0.25) is 0 Å². The maximum absolute atomic E-state index is 6.44. The van der Waals surface area contributed by atoms with Crippen molar-refractivity contribution in [2.24, 2.45) is 0 Å². The van der Waals surface area contributed by atoms with E-state index in [1.165, 1.54) is 0 Å². The number of nitrogens with zero attached hydrogens (tertiary/aromatic N) is 2. The molecule has 0 saturated carbocycles. The van der Waals surface area contributed by atoms with E-state index in [1.54, 1.807) is 0 Å². The van der Waals surface area contributed by atoms with Gasteiger partial charge >= 0.3 is 0 Å². The van der Waals surface area contributed by atoms with Crippen molar-refractivity contribution in [3.63, 3.8) is 0 Å². The Bertz CT molecular complexity index is 1710. The molecule has 0 aliphatic heterocycles. The van der Waals surface area contributed by atoms with Crippen LogP contribution in [0.5, 0.6) is 0 Å². The fraction of sp³-hybridized carbons (Fsp3) is 0. The van der Waals surface area contributed by atoms with Gasteiger partial charge in [-0.2, -0.15) is 0 Å². The second kappa shape index (κ2) is 7.42. The highest BCUT2D eigenvalue weighted by molar-refractivity contribution is 5.97. The van der Waals surface area contributed by atoms with Crippen molar-refractivity contribution in [3.8, 4) is 11.4 Å². The molecule has 4 nitrogen and oxygen atoms in total. The summed E-state index contributed by atoms with van der Waals surface area (Å²) >= 11 is 0. The van der Waals surface area contributed by atoms with Crippen molar-refractivity contribution in [2.75, 3.05) is 0 Å². The first-order valence-electron chi connectivity index (χ1n) is 11.3. The van der Waals surface area contributed by atoms with E-state index in [9.17, 15) is 0 Å². The fourth-order valence-corrected chi connectivity index (χ4v) is 4.71. The number of fused-ring (bicyclic) bond motifs is 4. The Morgan fingerprint density at radius 1 is 0.353 bits per heavy atom. The Morgan fingerprint density at radius 3 is 1.18 bits per heavy atom. The second-order valence-corrected chi connectivity index (χ2v) is 8.27. The molecule has 0 saturated heterocycles. The van der Waals surface area contributed by atoms with E-state index < -0.39 is 0 Å². The summed E-state index contributed by atoms with van der Waals surface area (Å²) in [4.78, 5) is 0. The molecule has 7 rings (SSSR count). The first-order valence-corrected chi connectivity index (χ1v) is 11.3. The van der Waals surface area contributed by atoms with Crippen LogP contribution in [0.1, 0.15) is 0 Å². The molecule has 0 aliphatic rings. The zero-order valence-corrected chi connectivity index (χ0v) is 18.3. The molecule has 0 aliphatic carbocycles. The first kappa shape index (κ1) is 18.8. The fourth-order valence-electron chi connectivity index (χ4n) is 4.71. The standard InChI is InChI=1S/C30H20N2O2/c1-3-11-21(12-4-1)31-23-15-7-9-17-27(23)33-29-20-26-30(19-25(29)31)34-28-18-10-8-16-24(28)32(26)22-13-5-2-6-14-22/h1-20H.